The molecule has 2 aromatic rings. The molecule has 2 aromatic carbocycles. The number of aliphatic hydroxyl groups excluding tert-OH is 8. The predicted molar refractivity (Wildman–Crippen MR) is 150 cm³/mol. The van der Waals surface area contributed by atoms with Gasteiger partial charge in [0, 0.05) is 29.7 Å². The van der Waals surface area contributed by atoms with Crippen molar-refractivity contribution >= 4 is 5.76 Å². The summed E-state index contributed by atoms with van der Waals surface area (Å²) < 4.78 is 39.5. The van der Waals surface area contributed by atoms with Gasteiger partial charge in [0.15, 0.2) is 17.3 Å². The molecule has 46 heavy (non-hydrogen) atoms. The van der Waals surface area contributed by atoms with Crippen LogP contribution in [0, 0.1) is 0 Å². The molecule has 0 spiro atoms. The van der Waals surface area contributed by atoms with Crippen LogP contribution in [-0.2, 0) is 20.6 Å². The molecule has 17 heteroatoms. The van der Waals surface area contributed by atoms with Gasteiger partial charge in [-0.15, -0.1) is 0 Å². The molecule has 0 bridgehead atoms. The smallest absolute Gasteiger partial charge is 0.229 e. The number of aliphatic hydroxyl groups is 8. The number of rotatable bonds is 9. The van der Waals surface area contributed by atoms with Crippen molar-refractivity contribution < 1.29 is 84.2 Å². The van der Waals surface area contributed by atoms with E-state index in [1.807, 2.05) is 0 Å². The van der Waals surface area contributed by atoms with E-state index in [1.54, 1.807) is 0 Å². The minimum atomic E-state index is -1.80. The van der Waals surface area contributed by atoms with Gasteiger partial charge in [0.1, 0.15) is 71.8 Å². The van der Waals surface area contributed by atoms with Crippen LogP contribution in [0.1, 0.15) is 11.1 Å². The number of allylic oxidation sites excluding steroid dienone is 1. The quantitative estimate of drug-likeness (QED) is 0.133. The Labute approximate surface area is 261 Å². The number of phenols is 2. The lowest BCUT2D eigenvalue weighted by Gasteiger charge is -2.41. The predicted octanol–water partition coefficient (Wildman–Crippen LogP) is -2.59. The van der Waals surface area contributed by atoms with Gasteiger partial charge in [0.2, 0.25) is 18.3 Å². The third-order valence-corrected chi connectivity index (χ3v) is 7.90. The Bertz CT molecular complexity index is 1400. The zero-order valence-electron chi connectivity index (χ0n) is 24.5. The Morgan fingerprint density at radius 3 is 1.70 bits per heavy atom. The van der Waals surface area contributed by atoms with Crippen molar-refractivity contribution in [2.45, 2.75) is 67.8 Å². The first-order valence-electron chi connectivity index (χ1n) is 14.1. The van der Waals surface area contributed by atoms with Crippen LogP contribution in [0.4, 0.5) is 0 Å². The van der Waals surface area contributed by atoms with Gasteiger partial charge in [0.05, 0.1) is 27.4 Å². The summed E-state index contributed by atoms with van der Waals surface area (Å²) in [6, 6.07) is 5.13. The summed E-state index contributed by atoms with van der Waals surface area (Å²) in [6.45, 7) is -1.44. The van der Waals surface area contributed by atoms with Crippen molar-refractivity contribution in [1.82, 2.24) is 0 Å². The van der Waals surface area contributed by atoms with Gasteiger partial charge in [0.25, 0.3) is 0 Å². The lowest BCUT2D eigenvalue weighted by Crippen LogP contribution is -2.60. The Kier molecular flexibility index (Phi) is 9.99. The van der Waals surface area contributed by atoms with Gasteiger partial charge in [-0.05, 0) is 12.1 Å². The molecule has 2 saturated heterocycles. The Morgan fingerprint density at radius 2 is 1.20 bits per heavy atom. The van der Waals surface area contributed by atoms with Crippen LogP contribution in [0.2, 0.25) is 0 Å². The van der Waals surface area contributed by atoms with Crippen LogP contribution in [0.15, 0.2) is 30.0 Å². The molecule has 17 nitrogen and oxygen atoms in total. The van der Waals surface area contributed by atoms with E-state index in [-0.39, 0.29) is 63.6 Å². The van der Waals surface area contributed by atoms with Crippen LogP contribution in [-0.4, -0.2) is 140 Å². The second-order valence-electron chi connectivity index (χ2n) is 10.8. The Morgan fingerprint density at radius 1 is 0.674 bits per heavy atom. The summed E-state index contributed by atoms with van der Waals surface area (Å²) in [5.74, 6) is -1.03. The molecular weight excluding hydrogens is 620 g/mol. The number of hydrogen-bond acceptors (Lipinski definition) is 17. The molecule has 3 heterocycles. The maximum Gasteiger partial charge on any atom is 0.229 e. The number of methoxy groups -OCH3 is 2. The van der Waals surface area contributed by atoms with E-state index < -0.39 is 74.6 Å². The van der Waals surface area contributed by atoms with Gasteiger partial charge in [-0.25, -0.2) is 0 Å². The molecule has 3 aliphatic heterocycles. The normalized spacial score (nSPS) is 32.7. The van der Waals surface area contributed by atoms with E-state index in [2.05, 4.69) is 0 Å². The van der Waals surface area contributed by atoms with E-state index in [4.69, 9.17) is 33.2 Å². The van der Waals surface area contributed by atoms with Gasteiger partial charge in [-0.1, -0.05) is 0 Å². The van der Waals surface area contributed by atoms with E-state index in [0.717, 1.165) is 6.07 Å². The van der Waals surface area contributed by atoms with Crippen molar-refractivity contribution in [3.8, 4) is 34.5 Å². The van der Waals surface area contributed by atoms with Crippen LogP contribution in [0.3, 0.4) is 0 Å². The summed E-state index contributed by atoms with van der Waals surface area (Å²) in [7, 11) is 2.60. The molecule has 0 aliphatic carbocycles. The molecule has 0 radical (unpaired) electrons. The molecule has 0 saturated carbocycles. The zero-order valence-corrected chi connectivity index (χ0v) is 24.5. The average molecular weight is 657 g/mol. The lowest BCUT2D eigenvalue weighted by atomic mass is 9.98. The minimum absolute atomic E-state index is 0.00162. The van der Waals surface area contributed by atoms with Crippen molar-refractivity contribution in [2.75, 3.05) is 27.4 Å². The molecule has 0 amide bonds. The molecule has 2 fully saturated rings. The summed E-state index contributed by atoms with van der Waals surface area (Å²) in [4.78, 5) is 0. The first-order valence-corrected chi connectivity index (χ1v) is 14.1. The number of aromatic hydroxyl groups is 2. The maximum absolute atomic E-state index is 10.7. The van der Waals surface area contributed by atoms with E-state index in [9.17, 15) is 51.1 Å². The highest BCUT2D eigenvalue weighted by atomic mass is 16.7. The van der Waals surface area contributed by atoms with Gasteiger partial charge >= 0.3 is 0 Å². The highest BCUT2D eigenvalue weighted by Crippen LogP contribution is 2.46. The second kappa shape index (κ2) is 13.6. The summed E-state index contributed by atoms with van der Waals surface area (Å²) in [6.07, 6.45) is -16.6. The fraction of sp³-hybridized carbons (Fsp3) is 0.517. The van der Waals surface area contributed by atoms with Gasteiger partial charge in [-0.3, -0.25) is 0 Å². The molecule has 0 unspecified atom stereocenters. The summed E-state index contributed by atoms with van der Waals surface area (Å²) >= 11 is 0. The zero-order chi connectivity index (χ0) is 33.4. The number of phenolic OH excluding ortho intramolecular Hbond substituents is 2. The van der Waals surface area contributed by atoms with E-state index >= 15 is 0 Å². The van der Waals surface area contributed by atoms with Crippen LogP contribution >= 0.6 is 0 Å². The van der Waals surface area contributed by atoms with Gasteiger partial charge in [-0.2, -0.15) is 0 Å². The van der Waals surface area contributed by atoms with Gasteiger partial charge < -0.3 is 84.2 Å². The second-order valence-corrected chi connectivity index (χ2v) is 10.8. The molecule has 3 aliphatic rings. The Balaban J connectivity index is 1.58. The number of benzene rings is 2. The highest BCUT2D eigenvalue weighted by Gasteiger charge is 2.47. The van der Waals surface area contributed by atoms with Crippen molar-refractivity contribution in [3.05, 3.63) is 41.2 Å². The fourth-order valence-electron chi connectivity index (χ4n) is 5.32. The first-order chi connectivity index (χ1) is 21.9. The van der Waals surface area contributed by atoms with E-state index in [1.165, 1.54) is 32.4 Å². The number of hydrogen-bond donors (Lipinski definition) is 10. The topological polar surface area (TPSA) is 267 Å². The van der Waals surface area contributed by atoms with Crippen molar-refractivity contribution in [1.29, 1.82) is 0 Å². The third-order valence-electron chi connectivity index (χ3n) is 7.90. The molecule has 5 rings (SSSR count). The molecule has 10 atom stereocenters. The maximum atomic E-state index is 10.7. The summed E-state index contributed by atoms with van der Waals surface area (Å²) in [5, 5.41) is 102. The average Bonchev–Trinajstić information content (AvgIpc) is 3.05. The minimum Gasteiger partial charge on any atom is -0.508 e. The lowest BCUT2D eigenvalue weighted by molar-refractivity contribution is -0.291. The third kappa shape index (κ3) is 6.21. The standard InChI is InChI=1S/C29H36O17/c1-40-15-3-10(4-16(41-2)20(15)33)27-17(44-29-26(39)24(37)22(35)19(9-31)46-29)7-12-13(42-27)5-11(32)6-14(12)43-28-25(38)23(36)21(34)18(8-30)45-28/h3-6,18-19,21-26,28-39H,7-9H2,1-2H3/t18-,19-,21-,22-,23+,24+,25-,26-,28-,29-/m0/s1. The monoisotopic (exact) mass is 656 g/mol. The molecule has 254 valence electrons. The number of fused-ring (bicyclic) bond motifs is 1. The Hall–Kier alpha value is -3.62. The van der Waals surface area contributed by atoms with Crippen LogP contribution in [0.5, 0.6) is 34.5 Å². The largest absolute Gasteiger partial charge is 0.508 e. The molecular formula is C29H36O17. The SMILES string of the molecule is COc1cc(C2=C(O[C@H]3O[C@@H](CO)[C@H](O)[C@@H](O)[C@@H]3O)Cc3c(cc(O)cc3O[C@H]3O[C@@H](CO)[C@H](O)[C@@H](O)[C@@H]3O)O2)cc(OC)c1O. The molecule has 0 aromatic heterocycles. The molecule has 10 N–H and O–H groups in total. The van der Waals surface area contributed by atoms with Crippen molar-refractivity contribution in [2.24, 2.45) is 0 Å². The van der Waals surface area contributed by atoms with Crippen LogP contribution < -0.4 is 18.9 Å². The van der Waals surface area contributed by atoms with E-state index in [0.29, 0.717) is 0 Å². The number of ether oxygens (including phenoxy) is 7. The van der Waals surface area contributed by atoms with Crippen LogP contribution in [0.25, 0.3) is 5.76 Å². The first kappa shape index (κ1) is 33.7. The van der Waals surface area contributed by atoms with Crippen molar-refractivity contribution in [3.63, 3.8) is 0 Å². The summed E-state index contributed by atoms with van der Waals surface area (Å²) in [5.41, 5.74) is 0.382. The highest BCUT2D eigenvalue weighted by molar-refractivity contribution is 5.73. The fourth-order valence-corrected chi connectivity index (χ4v) is 5.32.